The Labute approximate surface area is 80.1 Å². The molecule has 1 aliphatic rings. The molecule has 1 atom stereocenters. The molecular weight excluding hydrogens is 164 g/mol. The Hall–Kier alpha value is -0.590. The van der Waals surface area contributed by atoms with E-state index in [-0.39, 0.29) is 5.92 Å². The van der Waals surface area contributed by atoms with E-state index in [0.717, 1.165) is 45.1 Å². The van der Waals surface area contributed by atoms with Crippen LogP contribution in [0.4, 0.5) is 0 Å². The molecule has 0 bridgehead atoms. The smallest absolute Gasteiger partial charge is 0.0666 e. The van der Waals surface area contributed by atoms with Gasteiger partial charge in [-0.3, -0.25) is 0 Å². The summed E-state index contributed by atoms with van der Waals surface area (Å²) in [4.78, 5) is 0. The first-order valence-electron chi connectivity index (χ1n) is 5.01. The van der Waals surface area contributed by atoms with Gasteiger partial charge in [-0.25, -0.2) is 0 Å². The van der Waals surface area contributed by atoms with Gasteiger partial charge in [0.1, 0.15) is 0 Å². The Morgan fingerprint density at radius 2 is 2.23 bits per heavy atom. The normalized spacial score (nSPS) is 20.9. The van der Waals surface area contributed by atoms with E-state index in [2.05, 4.69) is 11.4 Å². The third-order valence-electron chi connectivity index (χ3n) is 2.44. The van der Waals surface area contributed by atoms with Gasteiger partial charge in [-0.05, 0) is 32.2 Å². The van der Waals surface area contributed by atoms with Gasteiger partial charge in [0, 0.05) is 19.8 Å². The molecule has 0 radical (unpaired) electrons. The highest BCUT2D eigenvalue weighted by Gasteiger charge is 2.13. The second-order valence-electron chi connectivity index (χ2n) is 3.74. The summed E-state index contributed by atoms with van der Waals surface area (Å²) in [6.07, 6.45) is 2.32. The zero-order valence-corrected chi connectivity index (χ0v) is 8.25. The number of nitrogens with one attached hydrogen (secondary N) is 1. The van der Waals surface area contributed by atoms with Gasteiger partial charge in [-0.15, -0.1) is 0 Å². The highest BCUT2D eigenvalue weighted by Crippen LogP contribution is 2.13. The molecule has 0 aliphatic carbocycles. The molecule has 1 unspecified atom stereocenters. The molecule has 13 heavy (non-hydrogen) atoms. The van der Waals surface area contributed by atoms with Crippen LogP contribution in [0.1, 0.15) is 19.8 Å². The van der Waals surface area contributed by atoms with Gasteiger partial charge in [0.15, 0.2) is 0 Å². The molecule has 3 nitrogen and oxygen atoms in total. The maximum Gasteiger partial charge on any atom is 0.0666 e. The van der Waals surface area contributed by atoms with Crippen LogP contribution < -0.4 is 5.32 Å². The predicted molar refractivity (Wildman–Crippen MR) is 51.2 cm³/mol. The lowest BCUT2D eigenvalue weighted by Gasteiger charge is -2.22. The van der Waals surface area contributed by atoms with E-state index in [1.807, 2.05) is 6.92 Å². The van der Waals surface area contributed by atoms with E-state index in [9.17, 15) is 0 Å². The van der Waals surface area contributed by atoms with Crippen LogP contribution in [0.3, 0.4) is 0 Å². The lowest BCUT2D eigenvalue weighted by Crippen LogP contribution is -2.30. The average Bonchev–Trinajstić information content (AvgIpc) is 2.19. The van der Waals surface area contributed by atoms with Crippen molar-refractivity contribution in [1.82, 2.24) is 5.32 Å². The van der Waals surface area contributed by atoms with Gasteiger partial charge in [0.25, 0.3) is 0 Å². The SMILES string of the molecule is CC(C#N)CNCC1CCOCC1. The number of nitrogens with zero attached hydrogens (tertiary/aromatic N) is 1. The highest BCUT2D eigenvalue weighted by atomic mass is 16.5. The molecule has 0 spiro atoms. The van der Waals surface area contributed by atoms with Crippen LogP contribution >= 0.6 is 0 Å². The molecule has 3 heteroatoms. The Morgan fingerprint density at radius 3 is 2.85 bits per heavy atom. The molecule has 0 aromatic rings. The van der Waals surface area contributed by atoms with Gasteiger partial charge < -0.3 is 10.1 Å². The number of nitriles is 1. The molecule has 1 N–H and O–H groups in total. The second-order valence-corrected chi connectivity index (χ2v) is 3.74. The minimum Gasteiger partial charge on any atom is -0.381 e. The second kappa shape index (κ2) is 5.95. The molecule has 0 saturated carbocycles. The van der Waals surface area contributed by atoms with E-state index in [1.165, 1.54) is 0 Å². The van der Waals surface area contributed by atoms with Crippen molar-refractivity contribution in [2.75, 3.05) is 26.3 Å². The first-order valence-corrected chi connectivity index (χ1v) is 5.01. The van der Waals surface area contributed by atoms with Crippen LogP contribution in [0.25, 0.3) is 0 Å². The van der Waals surface area contributed by atoms with Crippen molar-refractivity contribution >= 4 is 0 Å². The van der Waals surface area contributed by atoms with Crippen LogP contribution in [-0.2, 0) is 4.74 Å². The van der Waals surface area contributed by atoms with Crippen molar-refractivity contribution in [2.45, 2.75) is 19.8 Å². The summed E-state index contributed by atoms with van der Waals surface area (Å²) in [6.45, 7) is 5.60. The number of ether oxygens (including phenoxy) is 1. The minimum atomic E-state index is 0.125. The minimum absolute atomic E-state index is 0.125. The lowest BCUT2D eigenvalue weighted by atomic mass is 10.0. The third kappa shape index (κ3) is 4.25. The van der Waals surface area contributed by atoms with Crippen molar-refractivity contribution in [3.63, 3.8) is 0 Å². The Morgan fingerprint density at radius 1 is 1.54 bits per heavy atom. The van der Waals surface area contributed by atoms with Crippen molar-refractivity contribution in [2.24, 2.45) is 11.8 Å². The van der Waals surface area contributed by atoms with Crippen molar-refractivity contribution in [3.8, 4) is 6.07 Å². The van der Waals surface area contributed by atoms with Crippen LogP contribution in [0.15, 0.2) is 0 Å². The predicted octanol–water partition coefficient (Wildman–Crippen LogP) is 1.16. The summed E-state index contributed by atoms with van der Waals surface area (Å²) in [5, 5.41) is 11.9. The monoisotopic (exact) mass is 182 g/mol. The highest BCUT2D eigenvalue weighted by molar-refractivity contribution is 4.80. The summed E-state index contributed by atoms with van der Waals surface area (Å²) < 4.78 is 5.27. The van der Waals surface area contributed by atoms with Crippen LogP contribution in [0.5, 0.6) is 0 Å². The lowest BCUT2D eigenvalue weighted by molar-refractivity contribution is 0.0662. The fourth-order valence-electron chi connectivity index (χ4n) is 1.50. The van der Waals surface area contributed by atoms with Crippen LogP contribution in [0, 0.1) is 23.2 Å². The molecule has 0 aromatic carbocycles. The Bertz CT molecular complexity index is 170. The number of rotatable bonds is 4. The van der Waals surface area contributed by atoms with E-state index in [0.29, 0.717) is 0 Å². The van der Waals surface area contributed by atoms with Crippen molar-refractivity contribution in [1.29, 1.82) is 5.26 Å². The largest absolute Gasteiger partial charge is 0.381 e. The van der Waals surface area contributed by atoms with E-state index in [1.54, 1.807) is 0 Å². The van der Waals surface area contributed by atoms with Crippen LogP contribution in [0.2, 0.25) is 0 Å². The summed E-state index contributed by atoms with van der Waals surface area (Å²) in [5.74, 6) is 0.875. The Kier molecular flexibility index (Phi) is 4.81. The number of hydrogen-bond acceptors (Lipinski definition) is 3. The van der Waals surface area contributed by atoms with Gasteiger partial charge in [-0.2, -0.15) is 5.26 Å². The molecule has 74 valence electrons. The fourth-order valence-corrected chi connectivity index (χ4v) is 1.50. The summed E-state index contributed by atoms with van der Waals surface area (Å²) in [6, 6.07) is 2.22. The first-order chi connectivity index (χ1) is 6.33. The maximum atomic E-state index is 8.56. The topological polar surface area (TPSA) is 45.0 Å². The molecular formula is C10H18N2O. The summed E-state index contributed by atoms with van der Waals surface area (Å²) in [7, 11) is 0. The fraction of sp³-hybridized carbons (Fsp3) is 0.900. The van der Waals surface area contributed by atoms with E-state index in [4.69, 9.17) is 10.00 Å². The molecule has 1 rings (SSSR count). The molecule has 1 aliphatic heterocycles. The zero-order chi connectivity index (χ0) is 9.52. The summed E-state index contributed by atoms with van der Waals surface area (Å²) >= 11 is 0. The maximum absolute atomic E-state index is 8.56. The van der Waals surface area contributed by atoms with Crippen molar-refractivity contribution < 1.29 is 4.74 Å². The van der Waals surface area contributed by atoms with E-state index < -0.39 is 0 Å². The van der Waals surface area contributed by atoms with Gasteiger partial charge in [0.2, 0.25) is 0 Å². The number of hydrogen-bond donors (Lipinski definition) is 1. The molecule has 0 amide bonds. The third-order valence-corrected chi connectivity index (χ3v) is 2.44. The first kappa shape index (κ1) is 10.5. The molecule has 0 aromatic heterocycles. The van der Waals surface area contributed by atoms with Crippen LogP contribution in [-0.4, -0.2) is 26.3 Å². The molecule has 1 heterocycles. The quantitative estimate of drug-likeness (QED) is 0.709. The standard InChI is InChI=1S/C10H18N2O/c1-9(6-11)7-12-8-10-2-4-13-5-3-10/h9-10,12H,2-5,7-8H2,1H3. The van der Waals surface area contributed by atoms with Crippen molar-refractivity contribution in [3.05, 3.63) is 0 Å². The summed E-state index contributed by atoms with van der Waals surface area (Å²) in [5.41, 5.74) is 0. The molecule has 1 saturated heterocycles. The van der Waals surface area contributed by atoms with Gasteiger partial charge in [-0.1, -0.05) is 0 Å². The van der Waals surface area contributed by atoms with Gasteiger partial charge in [0.05, 0.1) is 12.0 Å². The average molecular weight is 182 g/mol. The van der Waals surface area contributed by atoms with Gasteiger partial charge >= 0.3 is 0 Å². The zero-order valence-electron chi connectivity index (χ0n) is 8.25. The Balaban J connectivity index is 2.02. The molecule has 1 fully saturated rings. The van der Waals surface area contributed by atoms with E-state index >= 15 is 0 Å².